The van der Waals surface area contributed by atoms with Crippen molar-refractivity contribution in [2.45, 2.75) is 27.2 Å². The molecule has 0 saturated heterocycles. The van der Waals surface area contributed by atoms with Crippen molar-refractivity contribution >= 4 is 28.3 Å². The second kappa shape index (κ2) is 6.39. The van der Waals surface area contributed by atoms with Crippen LogP contribution < -0.4 is 5.73 Å². The van der Waals surface area contributed by atoms with Crippen LogP contribution in [0.5, 0.6) is 0 Å². The molecule has 0 bridgehead atoms. The summed E-state index contributed by atoms with van der Waals surface area (Å²) in [4.78, 5) is 24.1. The average Bonchev–Trinajstić information content (AvgIpc) is 2.54. The molecule has 2 N–H and O–H groups in total. The smallest absolute Gasteiger partial charge is 0.341 e. The minimum atomic E-state index is -0.487. The van der Waals surface area contributed by atoms with E-state index in [4.69, 9.17) is 15.2 Å². The van der Waals surface area contributed by atoms with E-state index in [1.54, 1.807) is 13.8 Å². The van der Waals surface area contributed by atoms with E-state index < -0.39 is 5.97 Å². The van der Waals surface area contributed by atoms with E-state index in [1.165, 1.54) is 11.3 Å². The van der Waals surface area contributed by atoms with Crippen molar-refractivity contribution < 1.29 is 19.1 Å². The number of carbonyl (C=O) groups is 2. The number of aryl methyl sites for hydroxylation is 1. The molecule has 1 rings (SSSR count). The highest BCUT2D eigenvalue weighted by atomic mass is 32.1. The van der Waals surface area contributed by atoms with Crippen LogP contribution >= 0.6 is 11.3 Å². The molecule has 0 amide bonds. The summed E-state index contributed by atoms with van der Waals surface area (Å²) in [5.41, 5.74) is 6.69. The number of thiophene rings is 1. The first-order valence-corrected chi connectivity index (χ1v) is 6.53. The van der Waals surface area contributed by atoms with E-state index in [0.29, 0.717) is 22.7 Å². The number of esters is 2. The third kappa shape index (κ3) is 3.22. The second-order valence-corrected chi connectivity index (χ2v) is 4.83. The molecule has 6 heteroatoms. The van der Waals surface area contributed by atoms with Crippen LogP contribution in [0.2, 0.25) is 0 Å². The molecule has 18 heavy (non-hydrogen) atoms. The van der Waals surface area contributed by atoms with Gasteiger partial charge in [-0.05, 0) is 26.3 Å². The highest BCUT2D eigenvalue weighted by Crippen LogP contribution is 2.31. The molecule has 0 atom stereocenters. The lowest BCUT2D eigenvalue weighted by Crippen LogP contribution is -2.13. The molecule has 0 spiro atoms. The largest absolute Gasteiger partial charge is 0.466 e. The van der Waals surface area contributed by atoms with Gasteiger partial charge in [0.2, 0.25) is 0 Å². The van der Waals surface area contributed by atoms with Gasteiger partial charge in [0.1, 0.15) is 5.00 Å². The van der Waals surface area contributed by atoms with E-state index >= 15 is 0 Å². The fourth-order valence-electron chi connectivity index (χ4n) is 1.60. The predicted molar refractivity (Wildman–Crippen MR) is 69.8 cm³/mol. The lowest BCUT2D eigenvalue weighted by Gasteiger charge is -2.06. The molecule has 0 aliphatic rings. The maximum Gasteiger partial charge on any atom is 0.341 e. The summed E-state index contributed by atoms with van der Waals surface area (Å²) in [6, 6.07) is 0. The number of hydrogen-bond acceptors (Lipinski definition) is 6. The molecule has 1 heterocycles. The van der Waals surface area contributed by atoms with Gasteiger partial charge in [0, 0.05) is 4.88 Å². The van der Waals surface area contributed by atoms with E-state index in [0.717, 1.165) is 4.88 Å². The van der Waals surface area contributed by atoms with Gasteiger partial charge < -0.3 is 15.2 Å². The number of nitrogen functional groups attached to an aromatic ring is 1. The van der Waals surface area contributed by atoms with Gasteiger partial charge in [-0.1, -0.05) is 0 Å². The number of anilines is 1. The topological polar surface area (TPSA) is 78.6 Å². The Balaban J connectivity index is 3.02. The van der Waals surface area contributed by atoms with Crippen LogP contribution in [0.3, 0.4) is 0 Å². The van der Waals surface area contributed by atoms with Gasteiger partial charge in [0.05, 0.1) is 25.2 Å². The van der Waals surface area contributed by atoms with Crippen LogP contribution in [-0.4, -0.2) is 25.2 Å². The number of carbonyl (C=O) groups excluding carboxylic acids is 2. The molecule has 0 saturated carbocycles. The lowest BCUT2D eigenvalue weighted by molar-refractivity contribution is -0.142. The molecular weight excluding hydrogens is 254 g/mol. The van der Waals surface area contributed by atoms with Gasteiger partial charge in [0.15, 0.2) is 0 Å². The Bertz CT molecular complexity index is 453. The van der Waals surface area contributed by atoms with Gasteiger partial charge in [-0.15, -0.1) is 11.3 Å². The summed E-state index contributed by atoms with van der Waals surface area (Å²) >= 11 is 1.28. The first-order chi connectivity index (χ1) is 8.51. The van der Waals surface area contributed by atoms with Crippen molar-refractivity contribution in [3.8, 4) is 0 Å². The Hall–Kier alpha value is -1.56. The summed E-state index contributed by atoms with van der Waals surface area (Å²) in [6.45, 7) is 5.86. The van der Waals surface area contributed by atoms with Crippen LogP contribution in [0.1, 0.15) is 34.6 Å². The first-order valence-electron chi connectivity index (χ1n) is 5.71. The van der Waals surface area contributed by atoms with Gasteiger partial charge in [-0.25, -0.2) is 4.79 Å². The highest BCUT2D eigenvalue weighted by Gasteiger charge is 2.23. The Morgan fingerprint density at radius 2 is 1.83 bits per heavy atom. The summed E-state index contributed by atoms with van der Waals surface area (Å²) < 4.78 is 9.82. The molecule has 0 aromatic carbocycles. The standard InChI is InChI=1S/C12H17NO4S/c1-4-16-9(14)6-8-7(3)18-11(13)10(8)12(15)17-5-2/h4-6,13H2,1-3H3. The quantitative estimate of drug-likeness (QED) is 0.828. The molecule has 0 unspecified atom stereocenters. The Morgan fingerprint density at radius 1 is 1.22 bits per heavy atom. The Kier molecular flexibility index (Phi) is 5.15. The van der Waals surface area contributed by atoms with Crippen LogP contribution in [-0.2, 0) is 20.7 Å². The SMILES string of the molecule is CCOC(=O)Cc1c(C)sc(N)c1C(=O)OCC. The summed E-state index contributed by atoms with van der Waals surface area (Å²) in [7, 11) is 0. The summed E-state index contributed by atoms with van der Waals surface area (Å²) in [5.74, 6) is -0.859. The zero-order valence-electron chi connectivity index (χ0n) is 10.7. The molecule has 1 aromatic rings. The van der Waals surface area contributed by atoms with Crippen molar-refractivity contribution in [1.29, 1.82) is 0 Å². The normalized spacial score (nSPS) is 10.2. The van der Waals surface area contributed by atoms with Crippen LogP contribution in [0.15, 0.2) is 0 Å². The maximum absolute atomic E-state index is 11.8. The molecule has 0 aliphatic heterocycles. The number of hydrogen-bond donors (Lipinski definition) is 1. The van der Waals surface area contributed by atoms with Gasteiger partial charge in [0.25, 0.3) is 0 Å². The maximum atomic E-state index is 11.8. The summed E-state index contributed by atoms with van der Waals surface area (Å²) in [5, 5.41) is 0.380. The van der Waals surface area contributed by atoms with E-state index in [2.05, 4.69) is 0 Å². The zero-order chi connectivity index (χ0) is 13.7. The molecular formula is C12H17NO4S. The zero-order valence-corrected chi connectivity index (χ0v) is 11.6. The van der Waals surface area contributed by atoms with Crippen molar-refractivity contribution in [3.05, 3.63) is 16.0 Å². The minimum Gasteiger partial charge on any atom is -0.466 e. The fourth-order valence-corrected chi connectivity index (χ4v) is 2.53. The van der Waals surface area contributed by atoms with E-state index in [-0.39, 0.29) is 19.0 Å². The number of rotatable bonds is 5. The average molecular weight is 271 g/mol. The van der Waals surface area contributed by atoms with Gasteiger partial charge in [-0.2, -0.15) is 0 Å². The highest BCUT2D eigenvalue weighted by molar-refractivity contribution is 7.16. The number of nitrogens with two attached hydrogens (primary N) is 1. The van der Waals surface area contributed by atoms with Crippen LogP contribution in [0, 0.1) is 6.92 Å². The van der Waals surface area contributed by atoms with Gasteiger partial charge >= 0.3 is 11.9 Å². The van der Waals surface area contributed by atoms with E-state index in [1.807, 2.05) is 6.92 Å². The van der Waals surface area contributed by atoms with Gasteiger partial charge in [-0.3, -0.25) is 4.79 Å². The minimum absolute atomic E-state index is 0.0432. The first kappa shape index (κ1) is 14.5. The van der Waals surface area contributed by atoms with Crippen molar-refractivity contribution in [2.24, 2.45) is 0 Å². The third-order valence-electron chi connectivity index (χ3n) is 2.34. The predicted octanol–water partition coefficient (Wildman–Crippen LogP) is 1.92. The van der Waals surface area contributed by atoms with Crippen LogP contribution in [0.25, 0.3) is 0 Å². The van der Waals surface area contributed by atoms with Crippen molar-refractivity contribution in [1.82, 2.24) is 0 Å². The third-order valence-corrected chi connectivity index (χ3v) is 3.32. The molecule has 0 radical (unpaired) electrons. The molecule has 1 aromatic heterocycles. The lowest BCUT2D eigenvalue weighted by atomic mass is 10.1. The monoisotopic (exact) mass is 271 g/mol. The Morgan fingerprint density at radius 3 is 2.39 bits per heavy atom. The second-order valence-electron chi connectivity index (χ2n) is 3.58. The molecule has 0 fully saturated rings. The molecule has 0 aliphatic carbocycles. The van der Waals surface area contributed by atoms with Crippen molar-refractivity contribution in [3.63, 3.8) is 0 Å². The number of ether oxygens (including phenoxy) is 2. The Labute approximate surface area is 110 Å². The van der Waals surface area contributed by atoms with Crippen molar-refractivity contribution in [2.75, 3.05) is 18.9 Å². The summed E-state index contributed by atoms with van der Waals surface area (Å²) in [6.07, 6.45) is 0.0432. The van der Waals surface area contributed by atoms with Crippen LogP contribution in [0.4, 0.5) is 5.00 Å². The fraction of sp³-hybridized carbons (Fsp3) is 0.500. The van der Waals surface area contributed by atoms with E-state index in [9.17, 15) is 9.59 Å². The molecule has 100 valence electrons. The molecule has 5 nitrogen and oxygen atoms in total.